The van der Waals surface area contributed by atoms with E-state index < -0.39 is 0 Å². The molecule has 2 heterocycles. The van der Waals surface area contributed by atoms with E-state index in [4.69, 9.17) is 0 Å². The molecule has 0 bridgehead atoms. The number of rotatable bonds is 15. The minimum absolute atomic E-state index is 0.222. The number of fused-ring (bicyclic) bond motifs is 1. The second-order valence-electron chi connectivity index (χ2n) is 9.85. The van der Waals surface area contributed by atoms with Gasteiger partial charge < -0.3 is 20.7 Å². The van der Waals surface area contributed by atoms with Crippen LogP contribution in [0.15, 0.2) is 66.2 Å². The Hall–Kier alpha value is -4.04. The summed E-state index contributed by atoms with van der Waals surface area (Å²) >= 11 is 1.52. The normalized spacial score (nSPS) is 10.8. The molecule has 0 aliphatic heterocycles. The number of carbonyl (C=O) groups excluding carboxylic acids is 3. The van der Waals surface area contributed by atoms with E-state index >= 15 is 0 Å². The summed E-state index contributed by atoms with van der Waals surface area (Å²) in [5.74, 6) is -0.0111. The number of hydrogen-bond donors (Lipinski definition) is 3. The van der Waals surface area contributed by atoms with Crippen LogP contribution in [0.5, 0.6) is 0 Å². The summed E-state index contributed by atoms with van der Waals surface area (Å²) < 4.78 is 1.04. The van der Waals surface area contributed by atoms with Crippen molar-refractivity contribution in [3.63, 3.8) is 0 Å². The Balaban J connectivity index is 1.41. The summed E-state index contributed by atoms with van der Waals surface area (Å²) in [7, 11) is 0. The van der Waals surface area contributed by atoms with Gasteiger partial charge in [0.05, 0.1) is 16.8 Å². The molecule has 0 unspecified atom stereocenters. The number of aromatic nitrogens is 1. The molecule has 2 aromatic heterocycles. The topological polar surface area (TPSA) is 100 Å². The highest BCUT2D eigenvalue weighted by Crippen LogP contribution is 2.29. The van der Waals surface area contributed by atoms with Crippen LogP contribution in [0.1, 0.15) is 77.6 Å². The average molecular weight is 557 g/mol. The first kappa shape index (κ1) is 29.0. The molecule has 0 saturated heterocycles. The minimum Gasteiger partial charge on any atom is -0.352 e. The van der Waals surface area contributed by atoms with Gasteiger partial charge in [-0.25, -0.2) is 4.98 Å². The van der Waals surface area contributed by atoms with Gasteiger partial charge in [-0.05, 0) is 43.5 Å². The van der Waals surface area contributed by atoms with Gasteiger partial charge >= 0.3 is 0 Å². The summed E-state index contributed by atoms with van der Waals surface area (Å²) in [4.78, 5) is 41.2. The number of nitrogens with one attached hydrogen (secondary N) is 3. The number of para-hydroxylation sites is 1. The monoisotopic (exact) mass is 556 g/mol. The molecule has 0 fully saturated rings. The van der Waals surface area contributed by atoms with Crippen molar-refractivity contribution in [1.29, 1.82) is 0 Å². The lowest BCUT2D eigenvalue weighted by molar-refractivity contribution is -0.107. The SMILES string of the molecule is Cc1ccccc1Nc1ncc(C(=O)NCCCCCCCCCC=O)cc1NC(=O)c1csc2ccccc12. The van der Waals surface area contributed by atoms with E-state index in [0.717, 1.165) is 72.6 Å². The lowest BCUT2D eigenvalue weighted by atomic mass is 10.1. The summed E-state index contributed by atoms with van der Waals surface area (Å²) in [6, 6.07) is 17.3. The molecule has 0 saturated carbocycles. The zero-order valence-corrected chi connectivity index (χ0v) is 23.7. The van der Waals surface area contributed by atoms with Crippen molar-refractivity contribution in [2.75, 3.05) is 17.2 Å². The van der Waals surface area contributed by atoms with E-state index in [9.17, 15) is 14.4 Å². The Labute approximate surface area is 239 Å². The fraction of sp³-hybridized carbons (Fsp3) is 0.312. The van der Waals surface area contributed by atoms with Crippen molar-refractivity contribution < 1.29 is 14.4 Å². The molecule has 0 spiro atoms. The van der Waals surface area contributed by atoms with E-state index in [1.807, 2.05) is 60.8 Å². The molecule has 4 aromatic rings. The number of thiophene rings is 1. The number of carbonyl (C=O) groups is 3. The molecule has 2 aromatic carbocycles. The predicted octanol–water partition coefficient (Wildman–Crippen LogP) is 7.65. The summed E-state index contributed by atoms with van der Waals surface area (Å²) in [6.07, 6.45) is 10.6. The van der Waals surface area contributed by atoms with Crippen LogP contribution in [0.4, 0.5) is 17.2 Å². The van der Waals surface area contributed by atoms with Crippen LogP contribution >= 0.6 is 11.3 Å². The molecule has 2 amide bonds. The number of amides is 2. The molecule has 0 radical (unpaired) electrons. The highest BCUT2D eigenvalue weighted by atomic mass is 32.1. The Bertz CT molecular complexity index is 1450. The van der Waals surface area contributed by atoms with Crippen molar-refractivity contribution in [3.8, 4) is 0 Å². The Kier molecular flexibility index (Phi) is 10.8. The van der Waals surface area contributed by atoms with Gasteiger partial charge in [0.25, 0.3) is 11.8 Å². The van der Waals surface area contributed by atoms with Gasteiger partial charge in [-0.3, -0.25) is 9.59 Å². The Morgan fingerprint density at radius 3 is 2.40 bits per heavy atom. The van der Waals surface area contributed by atoms with Crippen LogP contribution in [0.25, 0.3) is 10.1 Å². The molecule has 0 atom stereocenters. The largest absolute Gasteiger partial charge is 0.352 e. The van der Waals surface area contributed by atoms with Gasteiger partial charge in [0.1, 0.15) is 6.29 Å². The van der Waals surface area contributed by atoms with E-state index in [-0.39, 0.29) is 11.8 Å². The average Bonchev–Trinajstić information content (AvgIpc) is 3.40. The minimum atomic E-state index is -0.254. The van der Waals surface area contributed by atoms with Gasteiger partial charge in [0, 0.05) is 40.3 Å². The Morgan fingerprint density at radius 2 is 1.60 bits per heavy atom. The summed E-state index contributed by atoms with van der Waals surface area (Å²) in [6.45, 7) is 2.57. The summed E-state index contributed by atoms with van der Waals surface area (Å²) in [5.41, 5.74) is 3.31. The first-order valence-electron chi connectivity index (χ1n) is 13.9. The van der Waals surface area contributed by atoms with Gasteiger partial charge in [0.15, 0.2) is 5.82 Å². The molecule has 8 heteroatoms. The van der Waals surface area contributed by atoms with Gasteiger partial charge in [-0.1, -0.05) is 68.5 Å². The molecular formula is C32H36N4O3S. The van der Waals surface area contributed by atoms with Gasteiger partial charge in [-0.15, -0.1) is 11.3 Å². The van der Waals surface area contributed by atoms with Crippen LogP contribution in [0, 0.1) is 6.92 Å². The van der Waals surface area contributed by atoms with E-state index in [2.05, 4.69) is 20.9 Å². The molecule has 7 nitrogen and oxygen atoms in total. The van der Waals surface area contributed by atoms with E-state index in [1.54, 1.807) is 6.07 Å². The fourth-order valence-electron chi connectivity index (χ4n) is 4.51. The zero-order valence-electron chi connectivity index (χ0n) is 22.9. The smallest absolute Gasteiger partial charge is 0.257 e. The maximum absolute atomic E-state index is 13.3. The summed E-state index contributed by atoms with van der Waals surface area (Å²) in [5, 5.41) is 12.0. The van der Waals surface area contributed by atoms with Crippen LogP contribution in [-0.2, 0) is 4.79 Å². The van der Waals surface area contributed by atoms with Gasteiger partial charge in [-0.2, -0.15) is 0 Å². The molecule has 0 aliphatic carbocycles. The fourth-order valence-corrected chi connectivity index (χ4v) is 5.45. The molecule has 0 aliphatic rings. The quantitative estimate of drug-likeness (QED) is 0.103. The predicted molar refractivity (Wildman–Crippen MR) is 164 cm³/mol. The van der Waals surface area contributed by atoms with Crippen LogP contribution in [-0.4, -0.2) is 29.6 Å². The van der Waals surface area contributed by atoms with Crippen molar-refractivity contribution in [2.45, 2.75) is 58.3 Å². The van der Waals surface area contributed by atoms with E-state index in [1.165, 1.54) is 17.5 Å². The second kappa shape index (κ2) is 14.9. The van der Waals surface area contributed by atoms with Gasteiger partial charge in [0.2, 0.25) is 0 Å². The molecule has 208 valence electrons. The maximum Gasteiger partial charge on any atom is 0.257 e. The molecule has 3 N–H and O–H groups in total. The first-order valence-corrected chi connectivity index (χ1v) is 14.8. The number of nitrogens with zero attached hydrogens (tertiary/aromatic N) is 1. The third-order valence-corrected chi connectivity index (χ3v) is 7.77. The van der Waals surface area contributed by atoms with Crippen molar-refractivity contribution >= 4 is 56.7 Å². The number of pyridine rings is 1. The molecular weight excluding hydrogens is 520 g/mol. The number of benzene rings is 2. The molecule has 40 heavy (non-hydrogen) atoms. The highest BCUT2D eigenvalue weighted by Gasteiger charge is 2.17. The number of unbranched alkanes of at least 4 members (excludes halogenated alkanes) is 7. The third-order valence-electron chi connectivity index (χ3n) is 6.81. The Morgan fingerprint density at radius 1 is 0.875 bits per heavy atom. The zero-order chi connectivity index (χ0) is 28.2. The number of aldehydes is 1. The lowest BCUT2D eigenvalue weighted by Crippen LogP contribution is -2.25. The third kappa shape index (κ3) is 7.99. The second-order valence-corrected chi connectivity index (χ2v) is 10.8. The van der Waals surface area contributed by atoms with Crippen molar-refractivity contribution in [3.05, 3.63) is 82.9 Å². The van der Waals surface area contributed by atoms with Crippen molar-refractivity contribution in [2.24, 2.45) is 0 Å². The molecule has 4 rings (SSSR count). The number of aryl methyl sites for hydroxylation is 1. The van der Waals surface area contributed by atoms with Crippen LogP contribution in [0.2, 0.25) is 0 Å². The lowest BCUT2D eigenvalue weighted by Gasteiger charge is -2.15. The maximum atomic E-state index is 13.3. The van der Waals surface area contributed by atoms with E-state index in [0.29, 0.717) is 35.6 Å². The number of hydrogen-bond acceptors (Lipinski definition) is 6. The first-order chi connectivity index (χ1) is 19.6. The highest BCUT2D eigenvalue weighted by molar-refractivity contribution is 7.17. The van der Waals surface area contributed by atoms with Crippen LogP contribution < -0.4 is 16.0 Å². The standard InChI is InChI=1S/C32H36N4O3S/c1-23-14-8-10-16-27(23)35-30-28(36-32(39)26-22-40-29-17-11-9-15-25(26)29)20-24(21-34-30)31(38)33-18-12-6-4-2-3-5-7-13-19-37/h8-11,14-17,19-22H,2-7,12-13,18H2,1H3,(H,33,38)(H,34,35)(H,36,39). The van der Waals surface area contributed by atoms with Crippen molar-refractivity contribution in [1.82, 2.24) is 10.3 Å². The van der Waals surface area contributed by atoms with Crippen LogP contribution in [0.3, 0.4) is 0 Å². The number of anilines is 3.